The molecular weight excluding hydrogens is 288 g/mol. The zero-order valence-electron chi connectivity index (χ0n) is 13.9. The van der Waals surface area contributed by atoms with Crippen molar-refractivity contribution in [3.05, 3.63) is 65.2 Å². The second-order valence-corrected chi connectivity index (χ2v) is 5.67. The molecule has 0 radical (unpaired) electrons. The molecule has 0 aliphatic heterocycles. The predicted molar refractivity (Wildman–Crippen MR) is 92.5 cm³/mol. The summed E-state index contributed by atoms with van der Waals surface area (Å²) in [7, 11) is 1.63. The van der Waals surface area contributed by atoms with E-state index in [0.29, 0.717) is 0 Å². The SMILES string of the molecule is COc1ccc(C)cc1C(C)NC(=O)C(CN)c1ccccc1. The Morgan fingerprint density at radius 2 is 1.91 bits per heavy atom. The summed E-state index contributed by atoms with van der Waals surface area (Å²) in [6.07, 6.45) is 0. The maximum absolute atomic E-state index is 12.6. The number of hydrogen-bond acceptors (Lipinski definition) is 3. The summed E-state index contributed by atoms with van der Waals surface area (Å²) in [5.41, 5.74) is 8.83. The largest absolute Gasteiger partial charge is 0.496 e. The van der Waals surface area contributed by atoms with Gasteiger partial charge in [0.2, 0.25) is 5.91 Å². The van der Waals surface area contributed by atoms with Crippen molar-refractivity contribution in [3.63, 3.8) is 0 Å². The monoisotopic (exact) mass is 312 g/mol. The zero-order chi connectivity index (χ0) is 16.8. The minimum Gasteiger partial charge on any atom is -0.496 e. The lowest BCUT2D eigenvalue weighted by Crippen LogP contribution is -2.35. The molecule has 0 aliphatic carbocycles. The van der Waals surface area contributed by atoms with Crippen LogP contribution in [0.1, 0.15) is 35.6 Å². The van der Waals surface area contributed by atoms with Crippen molar-refractivity contribution >= 4 is 5.91 Å². The van der Waals surface area contributed by atoms with Gasteiger partial charge in [-0.2, -0.15) is 0 Å². The molecule has 2 unspecified atom stereocenters. The van der Waals surface area contributed by atoms with Crippen LogP contribution in [0.4, 0.5) is 0 Å². The van der Waals surface area contributed by atoms with Crippen molar-refractivity contribution in [1.29, 1.82) is 0 Å². The standard InChI is InChI=1S/C19H24N2O2/c1-13-9-10-18(23-3)16(11-13)14(2)21-19(22)17(12-20)15-7-5-4-6-8-15/h4-11,14,17H,12,20H2,1-3H3,(H,21,22). The molecular formula is C19H24N2O2. The second kappa shape index (κ2) is 7.79. The van der Waals surface area contributed by atoms with Gasteiger partial charge >= 0.3 is 0 Å². The molecule has 0 fully saturated rings. The van der Waals surface area contributed by atoms with Crippen molar-refractivity contribution in [2.75, 3.05) is 13.7 Å². The summed E-state index contributed by atoms with van der Waals surface area (Å²) >= 11 is 0. The van der Waals surface area contributed by atoms with E-state index in [1.54, 1.807) is 7.11 Å². The van der Waals surface area contributed by atoms with Gasteiger partial charge in [0.1, 0.15) is 5.75 Å². The fraction of sp³-hybridized carbons (Fsp3) is 0.316. The predicted octanol–water partition coefficient (Wildman–Crippen LogP) is 2.92. The molecule has 2 atom stereocenters. The summed E-state index contributed by atoms with van der Waals surface area (Å²) in [5.74, 6) is 0.344. The Bertz CT molecular complexity index is 656. The van der Waals surface area contributed by atoms with Gasteiger partial charge in [-0.05, 0) is 25.5 Å². The highest BCUT2D eigenvalue weighted by Gasteiger charge is 2.22. The number of ether oxygens (including phenoxy) is 1. The van der Waals surface area contributed by atoms with Gasteiger partial charge in [0.05, 0.1) is 19.1 Å². The first-order valence-corrected chi connectivity index (χ1v) is 7.76. The van der Waals surface area contributed by atoms with Crippen LogP contribution >= 0.6 is 0 Å². The van der Waals surface area contributed by atoms with Gasteiger partial charge in [0.25, 0.3) is 0 Å². The minimum atomic E-state index is -0.352. The molecule has 0 aliphatic rings. The first-order chi connectivity index (χ1) is 11.1. The normalized spacial score (nSPS) is 13.2. The van der Waals surface area contributed by atoms with Crippen LogP contribution in [-0.2, 0) is 4.79 Å². The van der Waals surface area contributed by atoms with Gasteiger partial charge in [0.15, 0.2) is 0 Å². The van der Waals surface area contributed by atoms with Crippen LogP contribution in [0.5, 0.6) is 5.75 Å². The van der Waals surface area contributed by atoms with Crippen molar-refractivity contribution in [2.24, 2.45) is 5.73 Å². The molecule has 2 rings (SSSR count). The van der Waals surface area contributed by atoms with E-state index < -0.39 is 0 Å². The van der Waals surface area contributed by atoms with Gasteiger partial charge in [0, 0.05) is 12.1 Å². The Morgan fingerprint density at radius 3 is 2.52 bits per heavy atom. The van der Waals surface area contributed by atoms with Gasteiger partial charge in [-0.15, -0.1) is 0 Å². The van der Waals surface area contributed by atoms with E-state index in [-0.39, 0.29) is 24.4 Å². The highest BCUT2D eigenvalue weighted by atomic mass is 16.5. The lowest BCUT2D eigenvalue weighted by Gasteiger charge is -2.21. The van der Waals surface area contributed by atoms with Crippen LogP contribution in [-0.4, -0.2) is 19.6 Å². The highest BCUT2D eigenvalue weighted by molar-refractivity contribution is 5.84. The van der Waals surface area contributed by atoms with E-state index >= 15 is 0 Å². The molecule has 4 heteroatoms. The summed E-state index contributed by atoms with van der Waals surface area (Å²) in [6, 6.07) is 15.4. The molecule has 2 aromatic carbocycles. The Kier molecular flexibility index (Phi) is 5.77. The summed E-state index contributed by atoms with van der Waals surface area (Å²) in [4.78, 5) is 12.6. The molecule has 4 nitrogen and oxygen atoms in total. The number of carbonyl (C=O) groups is 1. The summed E-state index contributed by atoms with van der Waals surface area (Å²) < 4.78 is 5.40. The van der Waals surface area contributed by atoms with E-state index in [1.807, 2.05) is 62.4 Å². The molecule has 0 heterocycles. The molecule has 23 heavy (non-hydrogen) atoms. The van der Waals surface area contributed by atoms with Crippen LogP contribution in [0.15, 0.2) is 48.5 Å². The van der Waals surface area contributed by atoms with Crippen LogP contribution in [0, 0.1) is 6.92 Å². The van der Waals surface area contributed by atoms with Crippen molar-refractivity contribution in [3.8, 4) is 5.75 Å². The number of carbonyl (C=O) groups excluding carboxylic acids is 1. The maximum atomic E-state index is 12.6. The van der Waals surface area contributed by atoms with Crippen molar-refractivity contribution in [1.82, 2.24) is 5.32 Å². The fourth-order valence-corrected chi connectivity index (χ4v) is 2.66. The van der Waals surface area contributed by atoms with E-state index in [2.05, 4.69) is 5.32 Å². The molecule has 122 valence electrons. The van der Waals surface area contributed by atoms with Crippen LogP contribution in [0.2, 0.25) is 0 Å². The Morgan fingerprint density at radius 1 is 1.22 bits per heavy atom. The first kappa shape index (κ1) is 17.0. The Hall–Kier alpha value is -2.33. The molecule has 0 spiro atoms. The Labute approximate surface area is 137 Å². The van der Waals surface area contributed by atoms with Crippen LogP contribution in [0.25, 0.3) is 0 Å². The van der Waals surface area contributed by atoms with E-state index in [9.17, 15) is 4.79 Å². The minimum absolute atomic E-state index is 0.0743. The van der Waals surface area contributed by atoms with E-state index in [4.69, 9.17) is 10.5 Å². The third-order valence-electron chi connectivity index (χ3n) is 3.96. The zero-order valence-corrected chi connectivity index (χ0v) is 13.9. The lowest BCUT2D eigenvalue weighted by molar-refractivity contribution is -0.123. The van der Waals surface area contributed by atoms with Crippen LogP contribution in [0.3, 0.4) is 0 Å². The number of nitrogens with two attached hydrogens (primary N) is 1. The van der Waals surface area contributed by atoms with Gasteiger partial charge in [-0.25, -0.2) is 0 Å². The number of nitrogens with one attached hydrogen (secondary N) is 1. The van der Waals surface area contributed by atoms with E-state index in [1.165, 1.54) is 0 Å². The second-order valence-electron chi connectivity index (χ2n) is 5.67. The molecule has 2 aromatic rings. The number of rotatable bonds is 6. The number of benzene rings is 2. The molecule has 1 amide bonds. The number of hydrogen-bond donors (Lipinski definition) is 2. The average Bonchev–Trinajstić information content (AvgIpc) is 2.56. The average molecular weight is 312 g/mol. The van der Waals surface area contributed by atoms with E-state index in [0.717, 1.165) is 22.4 Å². The number of methoxy groups -OCH3 is 1. The third-order valence-corrected chi connectivity index (χ3v) is 3.96. The molecule has 0 saturated heterocycles. The number of aryl methyl sites for hydroxylation is 1. The smallest absolute Gasteiger partial charge is 0.229 e. The van der Waals surface area contributed by atoms with Crippen molar-refractivity contribution < 1.29 is 9.53 Å². The first-order valence-electron chi connectivity index (χ1n) is 7.76. The quantitative estimate of drug-likeness (QED) is 0.862. The van der Waals surface area contributed by atoms with Crippen LogP contribution < -0.4 is 15.8 Å². The molecule has 0 bridgehead atoms. The summed E-state index contributed by atoms with van der Waals surface area (Å²) in [5, 5.41) is 3.05. The summed E-state index contributed by atoms with van der Waals surface area (Å²) in [6.45, 7) is 4.24. The van der Waals surface area contributed by atoms with Gasteiger partial charge in [-0.1, -0.05) is 48.0 Å². The molecule has 0 saturated carbocycles. The number of amides is 1. The van der Waals surface area contributed by atoms with Crippen molar-refractivity contribution in [2.45, 2.75) is 25.8 Å². The van der Waals surface area contributed by atoms with Gasteiger partial charge in [-0.3, -0.25) is 4.79 Å². The Balaban J connectivity index is 2.17. The highest BCUT2D eigenvalue weighted by Crippen LogP contribution is 2.27. The maximum Gasteiger partial charge on any atom is 0.229 e. The molecule has 0 aromatic heterocycles. The fourth-order valence-electron chi connectivity index (χ4n) is 2.66. The third kappa shape index (κ3) is 4.11. The molecule has 3 N–H and O–H groups in total. The van der Waals surface area contributed by atoms with Gasteiger partial charge < -0.3 is 15.8 Å². The lowest BCUT2D eigenvalue weighted by atomic mass is 9.97. The topological polar surface area (TPSA) is 64.3 Å².